The van der Waals surface area contributed by atoms with Crippen molar-refractivity contribution in [2.24, 2.45) is 0 Å². The predicted octanol–water partition coefficient (Wildman–Crippen LogP) is 2.42. The van der Waals surface area contributed by atoms with Crippen molar-refractivity contribution in [3.8, 4) is 11.5 Å². The number of hydrogen-bond donors (Lipinski definition) is 3. The predicted molar refractivity (Wildman–Crippen MR) is 100 cm³/mol. The molecule has 10 heteroatoms. The first kappa shape index (κ1) is 17.9. The maximum absolute atomic E-state index is 12.3. The minimum Gasteiger partial charge on any atom is -0.454 e. The lowest BCUT2D eigenvalue weighted by Gasteiger charge is -2.14. The Kier molecular flexibility index (Phi) is 4.44. The number of aromatic amines is 2. The van der Waals surface area contributed by atoms with E-state index in [2.05, 4.69) is 15.3 Å². The van der Waals surface area contributed by atoms with Crippen molar-refractivity contribution in [2.75, 3.05) is 12.1 Å². The van der Waals surface area contributed by atoms with Gasteiger partial charge in [-0.2, -0.15) is 0 Å². The molecule has 0 radical (unpaired) electrons. The number of H-pyrrole nitrogens is 2. The van der Waals surface area contributed by atoms with Crippen LogP contribution in [0.5, 0.6) is 11.5 Å². The summed E-state index contributed by atoms with van der Waals surface area (Å²) in [7, 11) is 0. The van der Waals surface area contributed by atoms with Crippen LogP contribution in [0.3, 0.4) is 0 Å². The molecular weight excluding hydrogens is 390 g/mol. The molecule has 1 aliphatic rings. The van der Waals surface area contributed by atoms with Crippen LogP contribution in [0.25, 0.3) is 11.0 Å². The van der Waals surface area contributed by atoms with E-state index in [0.29, 0.717) is 28.2 Å². The van der Waals surface area contributed by atoms with Crippen molar-refractivity contribution in [2.45, 2.75) is 13.0 Å². The van der Waals surface area contributed by atoms with E-state index in [1.807, 2.05) is 0 Å². The zero-order valence-corrected chi connectivity index (χ0v) is 15.3. The summed E-state index contributed by atoms with van der Waals surface area (Å²) in [6.07, 6.45) is -1.07. The number of carbonyl (C=O) groups excluding carboxylic acids is 2. The molecule has 0 spiro atoms. The van der Waals surface area contributed by atoms with Crippen LogP contribution in [0.1, 0.15) is 17.3 Å². The summed E-state index contributed by atoms with van der Waals surface area (Å²) in [5, 5.41) is 2.85. The molecule has 2 aromatic carbocycles. The molecule has 2 heterocycles. The van der Waals surface area contributed by atoms with E-state index < -0.39 is 18.0 Å². The lowest BCUT2D eigenvalue weighted by atomic mass is 10.2. The average molecular weight is 404 g/mol. The smallest absolute Gasteiger partial charge is 0.339 e. The summed E-state index contributed by atoms with van der Waals surface area (Å²) in [6, 6.07) is 7.69. The summed E-state index contributed by atoms with van der Waals surface area (Å²) in [4.78, 5) is 41.2. The minimum absolute atomic E-state index is 0.0170. The molecule has 4 rings (SSSR count). The number of aromatic nitrogens is 2. The van der Waals surface area contributed by atoms with E-state index in [9.17, 15) is 14.4 Å². The Morgan fingerprint density at radius 1 is 1.18 bits per heavy atom. The maximum atomic E-state index is 12.3. The normalized spacial score (nSPS) is 13.4. The zero-order chi connectivity index (χ0) is 19.8. The number of nitrogens with one attached hydrogen (secondary N) is 3. The number of fused-ring (bicyclic) bond motifs is 2. The van der Waals surface area contributed by atoms with Crippen molar-refractivity contribution >= 4 is 40.2 Å². The van der Waals surface area contributed by atoms with Crippen molar-refractivity contribution < 1.29 is 23.8 Å². The van der Waals surface area contributed by atoms with Gasteiger partial charge in [-0.25, -0.2) is 9.59 Å². The summed E-state index contributed by atoms with van der Waals surface area (Å²) >= 11 is 6.05. The van der Waals surface area contributed by atoms with Crippen LogP contribution < -0.4 is 20.5 Å². The number of ether oxygens (including phenoxy) is 3. The second-order valence-corrected chi connectivity index (χ2v) is 6.48. The number of rotatable bonds is 4. The van der Waals surface area contributed by atoms with Gasteiger partial charge in [-0.15, -0.1) is 0 Å². The van der Waals surface area contributed by atoms with E-state index in [1.165, 1.54) is 19.1 Å². The number of esters is 1. The zero-order valence-electron chi connectivity index (χ0n) is 14.5. The Bertz CT molecular complexity index is 1150. The van der Waals surface area contributed by atoms with Crippen LogP contribution in [0.2, 0.25) is 5.02 Å². The van der Waals surface area contributed by atoms with E-state index in [-0.39, 0.29) is 23.1 Å². The highest BCUT2D eigenvalue weighted by molar-refractivity contribution is 6.32. The minimum atomic E-state index is -1.07. The van der Waals surface area contributed by atoms with Gasteiger partial charge in [-0.05, 0) is 37.3 Å². The van der Waals surface area contributed by atoms with Crippen LogP contribution >= 0.6 is 11.6 Å². The molecule has 1 atom stereocenters. The molecule has 1 amide bonds. The topological polar surface area (TPSA) is 123 Å². The van der Waals surface area contributed by atoms with Crippen LogP contribution in [0, 0.1) is 0 Å². The SMILES string of the molecule is C[C@@H](OC(=O)c1cc(Cl)c2c(c1)OCO2)C(=O)Nc1ccc2[nH]c(=O)[nH]c2c1. The molecule has 3 N–H and O–H groups in total. The van der Waals surface area contributed by atoms with Crippen molar-refractivity contribution in [1.29, 1.82) is 0 Å². The number of anilines is 1. The molecule has 3 aromatic rings. The molecule has 28 heavy (non-hydrogen) atoms. The third-order valence-corrected chi connectivity index (χ3v) is 4.38. The fraction of sp³-hybridized carbons (Fsp3) is 0.167. The molecule has 0 unspecified atom stereocenters. The first-order valence-corrected chi connectivity index (χ1v) is 8.61. The number of carbonyl (C=O) groups is 2. The van der Waals surface area contributed by atoms with Gasteiger partial charge in [0.25, 0.3) is 5.91 Å². The molecule has 0 saturated heterocycles. The Hall–Kier alpha value is -3.46. The summed E-state index contributed by atoms with van der Waals surface area (Å²) in [6.45, 7) is 1.46. The fourth-order valence-electron chi connectivity index (χ4n) is 2.72. The van der Waals surface area contributed by atoms with E-state index in [4.69, 9.17) is 25.8 Å². The van der Waals surface area contributed by atoms with Gasteiger partial charge in [0.05, 0.1) is 21.6 Å². The molecule has 9 nitrogen and oxygen atoms in total. The summed E-state index contributed by atoms with van der Waals surface area (Å²) in [5.74, 6) is -0.557. The van der Waals surface area contributed by atoms with Gasteiger partial charge in [0.2, 0.25) is 6.79 Å². The Morgan fingerprint density at radius 2 is 1.96 bits per heavy atom. The highest BCUT2D eigenvalue weighted by Gasteiger charge is 2.24. The maximum Gasteiger partial charge on any atom is 0.339 e. The largest absolute Gasteiger partial charge is 0.454 e. The monoisotopic (exact) mass is 403 g/mol. The van der Waals surface area contributed by atoms with Gasteiger partial charge in [0, 0.05) is 5.69 Å². The van der Waals surface area contributed by atoms with Crippen LogP contribution in [-0.4, -0.2) is 34.7 Å². The van der Waals surface area contributed by atoms with Crippen LogP contribution in [0.15, 0.2) is 35.1 Å². The lowest BCUT2D eigenvalue weighted by Crippen LogP contribution is -2.30. The van der Waals surface area contributed by atoms with Crippen molar-refractivity contribution in [3.63, 3.8) is 0 Å². The number of hydrogen-bond acceptors (Lipinski definition) is 6. The Balaban J connectivity index is 1.44. The second kappa shape index (κ2) is 6.93. The second-order valence-electron chi connectivity index (χ2n) is 6.07. The lowest BCUT2D eigenvalue weighted by molar-refractivity contribution is -0.123. The first-order chi connectivity index (χ1) is 13.4. The first-order valence-electron chi connectivity index (χ1n) is 8.24. The van der Waals surface area contributed by atoms with E-state index in [1.54, 1.807) is 18.2 Å². The number of benzene rings is 2. The number of halogens is 1. The van der Waals surface area contributed by atoms with Gasteiger partial charge >= 0.3 is 11.7 Å². The average Bonchev–Trinajstić information content (AvgIpc) is 3.26. The highest BCUT2D eigenvalue weighted by Crippen LogP contribution is 2.39. The molecule has 0 saturated carbocycles. The molecule has 144 valence electrons. The van der Waals surface area contributed by atoms with Crippen molar-refractivity contribution in [3.05, 3.63) is 51.4 Å². The molecule has 0 bridgehead atoms. The Morgan fingerprint density at radius 3 is 2.79 bits per heavy atom. The standard InChI is InChI=1S/C18H14ClN3O6/c1-8(16(23)20-10-2-3-12-13(6-10)22-18(25)21-12)28-17(24)9-4-11(19)15-14(5-9)26-7-27-15/h2-6,8H,7H2,1H3,(H,20,23)(H2,21,22,25)/t8-/m1/s1. The quantitative estimate of drug-likeness (QED) is 0.575. The van der Waals surface area contributed by atoms with Gasteiger partial charge in [0.1, 0.15) is 0 Å². The van der Waals surface area contributed by atoms with Crippen LogP contribution in [-0.2, 0) is 9.53 Å². The number of imidazole rings is 1. The van der Waals surface area contributed by atoms with Crippen LogP contribution in [0.4, 0.5) is 5.69 Å². The highest BCUT2D eigenvalue weighted by atomic mass is 35.5. The van der Waals surface area contributed by atoms with E-state index >= 15 is 0 Å². The third-order valence-electron chi connectivity index (χ3n) is 4.10. The summed E-state index contributed by atoms with van der Waals surface area (Å²) < 4.78 is 15.6. The van der Waals surface area contributed by atoms with Gasteiger partial charge in [-0.1, -0.05) is 11.6 Å². The molecular formula is C18H14ClN3O6. The molecule has 0 aliphatic carbocycles. The third kappa shape index (κ3) is 3.39. The van der Waals surface area contributed by atoms with Gasteiger partial charge in [-0.3, -0.25) is 4.79 Å². The van der Waals surface area contributed by atoms with Gasteiger partial charge in [0.15, 0.2) is 17.6 Å². The fourth-order valence-corrected chi connectivity index (χ4v) is 2.99. The molecule has 1 aromatic heterocycles. The van der Waals surface area contributed by atoms with Crippen molar-refractivity contribution in [1.82, 2.24) is 9.97 Å². The molecule has 0 fully saturated rings. The van der Waals surface area contributed by atoms with E-state index in [0.717, 1.165) is 0 Å². The Labute approximate surface area is 162 Å². The molecule has 1 aliphatic heterocycles. The van der Waals surface area contributed by atoms with Gasteiger partial charge < -0.3 is 29.5 Å². The summed E-state index contributed by atoms with van der Waals surface area (Å²) in [5.41, 5.74) is 1.40. The number of amides is 1.